The molecule has 23 heavy (non-hydrogen) atoms. The highest BCUT2D eigenvalue weighted by atomic mass is 16.5. The van der Waals surface area contributed by atoms with Crippen LogP contribution in [0.2, 0.25) is 0 Å². The minimum atomic E-state index is 0.0147. The van der Waals surface area contributed by atoms with Crippen molar-refractivity contribution in [2.45, 2.75) is 12.5 Å². The van der Waals surface area contributed by atoms with Crippen LogP contribution >= 0.6 is 0 Å². The fraction of sp³-hybridized carbons (Fsp3) is 0.667. The van der Waals surface area contributed by atoms with Crippen molar-refractivity contribution in [2.75, 3.05) is 53.0 Å². The van der Waals surface area contributed by atoms with E-state index in [4.69, 9.17) is 14.2 Å². The number of carbonyl (C=O) groups is 1. The number of morpholine rings is 1. The lowest BCUT2D eigenvalue weighted by atomic mass is 10.3. The molecule has 0 bridgehead atoms. The SMILES string of the molecule is COc1cnc(OC2CCN(CC(=O)N3CCOCC3)C2)nc1. The Labute approximate surface area is 135 Å². The van der Waals surface area contributed by atoms with E-state index in [0.717, 1.165) is 13.0 Å². The first-order valence-corrected chi connectivity index (χ1v) is 7.85. The maximum absolute atomic E-state index is 12.2. The van der Waals surface area contributed by atoms with Crippen LogP contribution in [-0.4, -0.2) is 84.8 Å². The Balaban J connectivity index is 1.45. The average molecular weight is 322 g/mol. The molecule has 126 valence electrons. The first-order chi connectivity index (χ1) is 11.2. The van der Waals surface area contributed by atoms with Crippen LogP contribution in [0.15, 0.2) is 12.4 Å². The monoisotopic (exact) mass is 322 g/mol. The summed E-state index contributed by atoms with van der Waals surface area (Å²) in [7, 11) is 1.57. The van der Waals surface area contributed by atoms with Gasteiger partial charge in [-0.25, -0.2) is 0 Å². The highest BCUT2D eigenvalue weighted by Crippen LogP contribution is 2.16. The number of ether oxygens (including phenoxy) is 3. The van der Waals surface area contributed by atoms with E-state index >= 15 is 0 Å². The molecule has 3 heterocycles. The van der Waals surface area contributed by atoms with E-state index in [1.807, 2.05) is 4.90 Å². The van der Waals surface area contributed by atoms with E-state index in [0.29, 0.717) is 51.2 Å². The molecule has 1 unspecified atom stereocenters. The van der Waals surface area contributed by atoms with Gasteiger partial charge in [0.2, 0.25) is 5.91 Å². The van der Waals surface area contributed by atoms with Crippen LogP contribution in [-0.2, 0) is 9.53 Å². The van der Waals surface area contributed by atoms with Gasteiger partial charge in [0, 0.05) is 26.2 Å². The molecular weight excluding hydrogens is 300 g/mol. The summed E-state index contributed by atoms with van der Waals surface area (Å²) in [6.45, 7) is 4.63. The van der Waals surface area contributed by atoms with E-state index in [9.17, 15) is 4.79 Å². The molecule has 0 N–H and O–H groups in total. The molecule has 2 fully saturated rings. The molecule has 0 aromatic carbocycles. The molecule has 2 aliphatic rings. The van der Waals surface area contributed by atoms with Crippen molar-refractivity contribution in [2.24, 2.45) is 0 Å². The summed E-state index contributed by atoms with van der Waals surface area (Å²) in [5.74, 6) is 0.760. The molecule has 1 aromatic heterocycles. The molecule has 2 aliphatic heterocycles. The maximum Gasteiger partial charge on any atom is 0.316 e. The van der Waals surface area contributed by atoms with Gasteiger partial charge in [-0.05, 0) is 6.42 Å². The van der Waals surface area contributed by atoms with Gasteiger partial charge in [0.25, 0.3) is 0 Å². The number of nitrogens with zero attached hydrogens (tertiary/aromatic N) is 4. The zero-order chi connectivity index (χ0) is 16.1. The highest BCUT2D eigenvalue weighted by molar-refractivity contribution is 5.78. The minimum Gasteiger partial charge on any atom is -0.494 e. The number of aromatic nitrogens is 2. The Morgan fingerprint density at radius 3 is 2.74 bits per heavy atom. The van der Waals surface area contributed by atoms with Crippen LogP contribution in [0.1, 0.15) is 6.42 Å². The van der Waals surface area contributed by atoms with Crippen molar-refractivity contribution in [1.82, 2.24) is 19.8 Å². The van der Waals surface area contributed by atoms with Crippen LogP contribution in [0.5, 0.6) is 11.8 Å². The molecular formula is C15H22N4O4. The summed E-state index contributed by atoms with van der Waals surface area (Å²) in [5.41, 5.74) is 0. The van der Waals surface area contributed by atoms with E-state index in [-0.39, 0.29) is 12.0 Å². The molecule has 2 saturated heterocycles. The number of methoxy groups -OCH3 is 1. The maximum atomic E-state index is 12.2. The predicted molar refractivity (Wildman–Crippen MR) is 81.5 cm³/mol. The van der Waals surface area contributed by atoms with E-state index in [1.165, 1.54) is 0 Å². The van der Waals surface area contributed by atoms with Gasteiger partial charge in [-0.1, -0.05) is 0 Å². The molecule has 0 saturated carbocycles. The smallest absolute Gasteiger partial charge is 0.316 e. The number of hydrogen-bond donors (Lipinski definition) is 0. The van der Waals surface area contributed by atoms with Crippen LogP contribution < -0.4 is 9.47 Å². The molecule has 1 aromatic rings. The highest BCUT2D eigenvalue weighted by Gasteiger charge is 2.28. The fourth-order valence-electron chi connectivity index (χ4n) is 2.76. The summed E-state index contributed by atoms with van der Waals surface area (Å²) in [5, 5.41) is 0. The summed E-state index contributed by atoms with van der Waals surface area (Å²) in [4.78, 5) is 24.4. The normalized spacial score (nSPS) is 22.1. The fourth-order valence-corrected chi connectivity index (χ4v) is 2.76. The molecule has 8 heteroatoms. The Hall–Kier alpha value is -1.93. The van der Waals surface area contributed by atoms with Gasteiger partial charge >= 0.3 is 6.01 Å². The Bertz CT molecular complexity index is 519. The first-order valence-electron chi connectivity index (χ1n) is 7.85. The van der Waals surface area contributed by atoms with Gasteiger partial charge in [0.15, 0.2) is 5.75 Å². The second-order valence-electron chi connectivity index (χ2n) is 5.66. The summed E-state index contributed by atoms with van der Waals surface area (Å²) < 4.78 is 16.1. The number of rotatable bonds is 5. The lowest BCUT2D eigenvalue weighted by molar-refractivity contribution is -0.136. The Kier molecular flexibility index (Phi) is 5.24. The van der Waals surface area contributed by atoms with Gasteiger partial charge in [0.05, 0.1) is 39.3 Å². The quantitative estimate of drug-likeness (QED) is 0.743. The molecule has 1 amide bonds. The minimum absolute atomic E-state index is 0.0147. The van der Waals surface area contributed by atoms with Crippen molar-refractivity contribution in [3.05, 3.63) is 12.4 Å². The number of likely N-dealkylation sites (tertiary alicyclic amines) is 1. The van der Waals surface area contributed by atoms with Crippen molar-refractivity contribution in [3.63, 3.8) is 0 Å². The zero-order valence-electron chi connectivity index (χ0n) is 13.3. The van der Waals surface area contributed by atoms with Gasteiger partial charge < -0.3 is 19.1 Å². The van der Waals surface area contributed by atoms with Crippen LogP contribution in [0.25, 0.3) is 0 Å². The standard InChI is InChI=1S/C15H22N4O4/c1-21-13-8-16-15(17-9-13)23-12-2-3-18(10-12)11-14(20)19-4-6-22-7-5-19/h8-9,12H,2-7,10-11H2,1H3. The van der Waals surface area contributed by atoms with Crippen molar-refractivity contribution < 1.29 is 19.0 Å². The van der Waals surface area contributed by atoms with Crippen molar-refractivity contribution >= 4 is 5.91 Å². The molecule has 0 radical (unpaired) electrons. The van der Waals surface area contributed by atoms with Crippen LogP contribution in [0.3, 0.4) is 0 Å². The second-order valence-corrected chi connectivity index (χ2v) is 5.66. The van der Waals surface area contributed by atoms with Gasteiger partial charge in [0.1, 0.15) is 6.10 Å². The third kappa shape index (κ3) is 4.29. The molecule has 3 rings (SSSR count). The molecule has 8 nitrogen and oxygen atoms in total. The van der Waals surface area contributed by atoms with Gasteiger partial charge in [-0.15, -0.1) is 0 Å². The number of amides is 1. The largest absolute Gasteiger partial charge is 0.494 e. The number of carbonyl (C=O) groups excluding carboxylic acids is 1. The topological polar surface area (TPSA) is 77.0 Å². The average Bonchev–Trinajstić information content (AvgIpc) is 3.03. The number of hydrogen-bond acceptors (Lipinski definition) is 7. The van der Waals surface area contributed by atoms with E-state index in [2.05, 4.69) is 14.9 Å². The third-order valence-corrected chi connectivity index (χ3v) is 4.06. The van der Waals surface area contributed by atoms with Crippen LogP contribution in [0.4, 0.5) is 0 Å². The van der Waals surface area contributed by atoms with Crippen molar-refractivity contribution in [1.29, 1.82) is 0 Å². The van der Waals surface area contributed by atoms with Crippen LogP contribution in [0, 0.1) is 0 Å². The van der Waals surface area contributed by atoms with E-state index in [1.54, 1.807) is 19.5 Å². The Morgan fingerprint density at radius 1 is 1.30 bits per heavy atom. The summed E-state index contributed by atoms with van der Waals surface area (Å²) in [6.07, 6.45) is 4.04. The lowest BCUT2D eigenvalue weighted by Crippen LogP contribution is -2.45. The van der Waals surface area contributed by atoms with Crippen molar-refractivity contribution in [3.8, 4) is 11.8 Å². The summed E-state index contributed by atoms with van der Waals surface area (Å²) >= 11 is 0. The Morgan fingerprint density at radius 2 is 2.04 bits per heavy atom. The van der Waals surface area contributed by atoms with Gasteiger partial charge in [-0.2, -0.15) is 9.97 Å². The lowest BCUT2D eigenvalue weighted by Gasteiger charge is -2.28. The predicted octanol–water partition coefficient (Wildman–Crippen LogP) is -0.203. The summed E-state index contributed by atoms with van der Waals surface area (Å²) in [6, 6.07) is 0.345. The molecule has 0 aliphatic carbocycles. The first kappa shape index (κ1) is 15.9. The molecule has 1 atom stereocenters. The molecule has 0 spiro atoms. The van der Waals surface area contributed by atoms with Gasteiger partial charge in [-0.3, -0.25) is 9.69 Å². The zero-order valence-corrected chi connectivity index (χ0v) is 13.3. The third-order valence-electron chi connectivity index (χ3n) is 4.06. The van der Waals surface area contributed by atoms with E-state index < -0.39 is 0 Å². The second kappa shape index (κ2) is 7.56.